The van der Waals surface area contributed by atoms with Crippen LogP contribution in [0.25, 0.3) is 0 Å². The molecule has 1 aromatic rings. The first-order chi connectivity index (χ1) is 8.49. The number of amides is 2. The number of hydrogen-bond donors (Lipinski definition) is 3. The maximum absolute atomic E-state index is 11.3. The zero-order valence-electron chi connectivity index (χ0n) is 10.2. The van der Waals surface area contributed by atoms with Gasteiger partial charge in [0.2, 0.25) is 0 Å². The van der Waals surface area contributed by atoms with Crippen LogP contribution in [0.4, 0.5) is 4.79 Å². The third kappa shape index (κ3) is 4.96. The second kappa shape index (κ2) is 6.75. The molecule has 1 heterocycles. The molecule has 3 N–H and O–H groups in total. The summed E-state index contributed by atoms with van der Waals surface area (Å²) in [6, 6.07) is -0.306. The third-order valence-electron chi connectivity index (χ3n) is 1.94. The fourth-order valence-corrected chi connectivity index (χ4v) is 1.76. The van der Waals surface area contributed by atoms with Gasteiger partial charge in [-0.05, 0) is 13.8 Å². The quantitative estimate of drug-likeness (QED) is 0.708. The van der Waals surface area contributed by atoms with Gasteiger partial charge in [0.15, 0.2) is 5.69 Å². The van der Waals surface area contributed by atoms with Crippen molar-refractivity contribution in [2.24, 2.45) is 0 Å². The maximum Gasteiger partial charge on any atom is 0.355 e. The first-order valence-electron chi connectivity index (χ1n) is 5.32. The van der Waals surface area contributed by atoms with Crippen molar-refractivity contribution in [3.8, 4) is 0 Å². The highest BCUT2D eigenvalue weighted by Gasteiger charge is 2.08. The average Bonchev–Trinajstić information content (AvgIpc) is 2.74. The SMILES string of the molecule is CC(C)=CCNC(=O)NCc1nc(C(=O)O)cs1. The number of aromatic nitrogens is 1. The molecule has 0 fully saturated rings. The highest BCUT2D eigenvalue weighted by molar-refractivity contribution is 7.09. The number of aromatic carboxylic acids is 1. The van der Waals surface area contributed by atoms with E-state index in [0.717, 1.165) is 5.57 Å². The van der Waals surface area contributed by atoms with Gasteiger partial charge in [0.25, 0.3) is 0 Å². The number of thiazole rings is 1. The molecule has 0 aliphatic carbocycles. The Morgan fingerprint density at radius 2 is 2.17 bits per heavy atom. The molecule has 0 atom stereocenters. The lowest BCUT2D eigenvalue weighted by atomic mass is 10.3. The molecule has 1 aromatic heterocycles. The Hall–Kier alpha value is -1.89. The first-order valence-corrected chi connectivity index (χ1v) is 6.19. The number of hydrogen-bond acceptors (Lipinski definition) is 4. The fraction of sp³-hybridized carbons (Fsp3) is 0.364. The van der Waals surface area contributed by atoms with Crippen LogP contribution in [0.5, 0.6) is 0 Å². The number of rotatable bonds is 5. The van der Waals surface area contributed by atoms with Gasteiger partial charge in [-0.2, -0.15) is 0 Å². The van der Waals surface area contributed by atoms with Gasteiger partial charge in [-0.25, -0.2) is 14.6 Å². The van der Waals surface area contributed by atoms with E-state index in [2.05, 4.69) is 15.6 Å². The number of allylic oxidation sites excluding steroid dienone is 1. The number of carbonyl (C=O) groups excluding carboxylic acids is 1. The Morgan fingerprint density at radius 1 is 1.44 bits per heavy atom. The topological polar surface area (TPSA) is 91.3 Å². The Kier molecular flexibility index (Phi) is 5.31. The molecule has 2 amide bonds. The van der Waals surface area contributed by atoms with E-state index in [9.17, 15) is 9.59 Å². The predicted molar refractivity (Wildman–Crippen MR) is 68.7 cm³/mol. The number of nitrogens with zero attached hydrogens (tertiary/aromatic N) is 1. The van der Waals surface area contributed by atoms with Gasteiger partial charge in [0.05, 0.1) is 6.54 Å². The van der Waals surface area contributed by atoms with Crippen molar-refractivity contribution < 1.29 is 14.7 Å². The number of nitrogens with one attached hydrogen (secondary N) is 2. The molecule has 0 saturated carbocycles. The van der Waals surface area contributed by atoms with Crippen LogP contribution < -0.4 is 10.6 Å². The lowest BCUT2D eigenvalue weighted by Crippen LogP contribution is -2.35. The van der Waals surface area contributed by atoms with Crippen molar-refractivity contribution in [1.82, 2.24) is 15.6 Å². The lowest BCUT2D eigenvalue weighted by molar-refractivity contribution is 0.0691. The molecule has 0 spiro atoms. The molecule has 6 nitrogen and oxygen atoms in total. The molecule has 0 aliphatic heterocycles. The van der Waals surface area contributed by atoms with E-state index in [1.54, 1.807) is 0 Å². The van der Waals surface area contributed by atoms with Crippen molar-refractivity contribution in [1.29, 1.82) is 0 Å². The van der Waals surface area contributed by atoms with E-state index in [1.807, 2.05) is 19.9 Å². The van der Waals surface area contributed by atoms with Crippen LogP contribution in [-0.4, -0.2) is 28.6 Å². The summed E-state index contributed by atoms with van der Waals surface area (Å²) < 4.78 is 0. The smallest absolute Gasteiger partial charge is 0.355 e. The normalized spacial score (nSPS) is 9.67. The van der Waals surface area contributed by atoms with Crippen molar-refractivity contribution in [2.45, 2.75) is 20.4 Å². The summed E-state index contributed by atoms with van der Waals surface area (Å²) in [5, 5.41) is 15.9. The summed E-state index contributed by atoms with van der Waals surface area (Å²) in [7, 11) is 0. The van der Waals surface area contributed by atoms with Crippen molar-refractivity contribution in [2.75, 3.05) is 6.54 Å². The molecule has 18 heavy (non-hydrogen) atoms. The Balaban J connectivity index is 2.33. The summed E-state index contributed by atoms with van der Waals surface area (Å²) in [6.07, 6.45) is 1.89. The fourth-order valence-electron chi connectivity index (χ4n) is 1.06. The van der Waals surface area contributed by atoms with Gasteiger partial charge in [-0.3, -0.25) is 0 Å². The zero-order chi connectivity index (χ0) is 13.5. The Labute approximate surface area is 109 Å². The van der Waals surface area contributed by atoms with Gasteiger partial charge in [-0.15, -0.1) is 11.3 Å². The second-order valence-electron chi connectivity index (χ2n) is 3.78. The molecule has 7 heteroatoms. The van der Waals surface area contributed by atoms with Crippen LogP contribution in [0.2, 0.25) is 0 Å². The van der Waals surface area contributed by atoms with Crippen molar-refractivity contribution in [3.05, 3.63) is 27.7 Å². The van der Waals surface area contributed by atoms with Gasteiger partial charge < -0.3 is 15.7 Å². The van der Waals surface area contributed by atoms with Gasteiger partial charge >= 0.3 is 12.0 Å². The molecule has 0 aliphatic rings. The minimum atomic E-state index is -1.06. The molecule has 1 rings (SSSR count). The van der Waals surface area contributed by atoms with E-state index in [4.69, 9.17) is 5.11 Å². The summed E-state index contributed by atoms with van der Waals surface area (Å²) >= 11 is 1.20. The van der Waals surface area contributed by atoms with Crippen LogP contribution in [0.3, 0.4) is 0 Å². The van der Waals surface area contributed by atoms with Crippen LogP contribution in [-0.2, 0) is 6.54 Å². The van der Waals surface area contributed by atoms with E-state index >= 15 is 0 Å². The van der Waals surface area contributed by atoms with Gasteiger partial charge in [-0.1, -0.05) is 11.6 Å². The van der Waals surface area contributed by atoms with E-state index in [1.165, 1.54) is 16.7 Å². The Bertz CT molecular complexity index is 464. The van der Waals surface area contributed by atoms with Crippen LogP contribution in [0.1, 0.15) is 29.3 Å². The number of carboxylic acids is 1. The predicted octanol–water partition coefficient (Wildman–Crippen LogP) is 1.61. The largest absolute Gasteiger partial charge is 0.476 e. The minimum Gasteiger partial charge on any atom is -0.476 e. The molecule has 0 saturated heterocycles. The first kappa shape index (κ1) is 14.2. The van der Waals surface area contributed by atoms with Gasteiger partial charge in [0, 0.05) is 11.9 Å². The van der Waals surface area contributed by atoms with E-state index in [-0.39, 0.29) is 18.3 Å². The number of urea groups is 1. The Morgan fingerprint density at radius 3 is 2.72 bits per heavy atom. The summed E-state index contributed by atoms with van der Waals surface area (Å²) in [6.45, 7) is 4.58. The highest BCUT2D eigenvalue weighted by atomic mass is 32.1. The molecule has 0 unspecified atom stereocenters. The van der Waals surface area contributed by atoms with Crippen molar-refractivity contribution in [3.63, 3.8) is 0 Å². The van der Waals surface area contributed by atoms with Crippen molar-refractivity contribution >= 4 is 23.3 Å². The minimum absolute atomic E-state index is 0.00162. The van der Waals surface area contributed by atoms with E-state index in [0.29, 0.717) is 11.6 Å². The van der Waals surface area contributed by atoms with Crippen LogP contribution in [0.15, 0.2) is 17.0 Å². The summed E-state index contributed by atoms with van der Waals surface area (Å²) in [5.41, 5.74) is 1.13. The highest BCUT2D eigenvalue weighted by Crippen LogP contribution is 2.09. The van der Waals surface area contributed by atoms with Crippen LogP contribution >= 0.6 is 11.3 Å². The number of carbonyl (C=O) groups is 2. The molecular formula is C11H15N3O3S. The number of carboxylic acid groups (broad SMARTS) is 1. The lowest BCUT2D eigenvalue weighted by Gasteiger charge is -2.03. The maximum atomic E-state index is 11.3. The monoisotopic (exact) mass is 269 g/mol. The summed E-state index contributed by atoms with van der Waals surface area (Å²) in [5.74, 6) is -1.06. The van der Waals surface area contributed by atoms with E-state index < -0.39 is 5.97 Å². The summed E-state index contributed by atoms with van der Waals surface area (Å²) in [4.78, 5) is 25.8. The third-order valence-corrected chi connectivity index (χ3v) is 2.79. The second-order valence-corrected chi connectivity index (χ2v) is 4.72. The standard InChI is InChI=1S/C11H15N3O3S/c1-7(2)3-4-12-11(17)13-5-9-14-8(6-18-9)10(15)16/h3,6H,4-5H2,1-2H3,(H,15,16)(H2,12,13,17). The zero-order valence-corrected chi connectivity index (χ0v) is 11.0. The van der Waals surface area contributed by atoms with Gasteiger partial charge in [0.1, 0.15) is 5.01 Å². The molecule has 98 valence electrons. The molecule has 0 bridgehead atoms. The average molecular weight is 269 g/mol. The van der Waals surface area contributed by atoms with Crippen LogP contribution in [0, 0.1) is 0 Å². The molecular weight excluding hydrogens is 254 g/mol. The molecule has 0 aromatic carbocycles. The molecule has 0 radical (unpaired) electrons.